The van der Waals surface area contributed by atoms with Gasteiger partial charge in [-0.2, -0.15) is 0 Å². The van der Waals surface area contributed by atoms with Gasteiger partial charge in [0.05, 0.1) is 11.2 Å². The maximum atomic E-state index is 13.5. The van der Waals surface area contributed by atoms with Crippen LogP contribution in [-0.2, 0) is 5.60 Å². The lowest BCUT2D eigenvalue weighted by atomic mass is 9.91. The summed E-state index contributed by atoms with van der Waals surface area (Å²) in [5, 5.41) is 10.0. The van der Waals surface area contributed by atoms with E-state index < -0.39 is 40.3 Å². The van der Waals surface area contributed by atoms with Crippen molar-refractivity contribution in [3.05, 3.63) is 34.6 Å². The van der Waals surface area contributed by atoms with Crippen molar-refractivity contribution in [2.24, 2.45) is 0 Å². The molecule has 1 atom stereocenters. The molecule has 0 saturated carbocycles. The lowest BCUT2D eigenvalue weighted by molar-refractivity contribution is 0.0346. The molecule has 2 nitrogen and oxygen atoms in total. The van der Waals surface area contributed by atoms with Crippen molar-refractivity contribution in [1.29, 1.82) is 0 Å². The molecule has 1 aromatic rings. The van der Waals surface area contributed by atoms with Gasteiger partial charge in [-0.3, -0.25) is 0 Å². The van der Waals surface area contributed by atoms with Gasteiger partial charge in [-0.15, -0.1) is 0 Å². The van der Waals surface area contributed by atoms with E-state index in [4.69, 9.17) is 0 Å². The van der Waals surface area contributed by atoms with Crippen molar-refractivity contribution in [2.75, 3.05) is 19.6 Å². The number of rotatable bonds is 4. The molecule has 1 aliphatic heterocycles. The van der Waals surface area contributed by atoms with Gasteiger partial charge in [0.15, 0.2) is 23.3 Å². The number of benzene rings is 1. The number of nitrogens with zero attached hydrogens (tertiary/aromatic N) is 1. The summed E-state index contributed by atoms with van der Waals surface area (Å²) in [5.41, 5.74) is -3.29. The molecule has 0 amide bonds. The van der Waals surface area contributed by atoms with Gasteiger partial charge < -0.3 is 10.0 Å². The second kappa shape index (κ2) is 4.72. The molecule has 0 bridgehead atoms. The van der Waals surface area contributed by atoms with Gasteiger partial charge in [-0.1, -0.05) is 0 Å². The van der Waals surface area contributed by atoms with E-state index in [0.29, 0.717) is 6.54 Å². The van der Waals surface area contributed by atoms with Crippen LogP contribution < -0.4 is 0 Å². The predicted octanol–water partition coefficient (Wildman–Crippen LogP) is 2.30. The van der Waals surface area contributed by atoms with Crippen molar-refractivity contribution in [2.45, 2.75) is 18.9 Å². The second-order valence-corrected chi connectivity index (χ2v) is 4.81. The predicted molar refractivity (Wildman–Crippen MR) is 56.9 cm³/mol. The number of aliphatic hydroxyl groups is 1. The van der Waals surface area contributed by atoms with Crippen molar-refractivity contribution < 1.29 is 27.1 Å². The standard InChI is InChI=1S/C12H12F5NO/c1-12(19,2-3-18-4-5-18)6-7(13)9(15)11(17)10(16)8(6)14/h19H,2-5H2,1H3. The summed E-state index contributed by atoms with van der Waals surface area (Å²) in [6, 6.07) is 0. The molecule has 0 spiro atoms. The highest BCUT2D eigenvalue weighted by Crippen LogP contribution is 2.33. The van der Waals surface area contributed by atoms with E-state index in [0.717, 1.165) is 20.0 Å². The van der Waals surface area contributed by atoms with Crippen molar-refractivity contribution >= 4 is 0 Å². The Labute approximate surface area is 106 Å². The maximum Gasteiger partial charge on any atom is 0.200 e. The molecule has 19 heavy (non-hydrogen) atoms. The molecule has 1 saturated heterocycles. The fourth-order valence-corrected chi connectivity index (χ4v) is 1.87. The van der Waals surface area contributed by atoms with E-state index in [1.165, 1.54) is 0 Å². The van der Waals surface area contributed by atoms with Crippen molar-refractivity contribution in [3.63, 3.8) is 0 Å². The molecule has 1 unspecified atom stereocenters. The van der Waals surface area contributed by atoms with E-state index in [2.05, 4.69) is 0 Å². The molecule has 106 valence electrons. The topological polar surface area (TPSA) is 23.2 Å². The van der Waals surface area contributed by atoms with Gasteiger partial charge in [0, 0.05) is 19.6 Å². The van der Waals surface area contributed by atoms with Crippen LogP contribution in [0.3, 0.4) is 0 Å². The average Bonchev–Trinajstić information content (AvgIpc) is 3.15. The van der Waals surface area contributed by atoms with Gasteiger partial charge in [-0.25, -0.2) is 22.0 Å². The monoisotopic (exact) mass is 281 g/mol. The lowest BCUT2D eigenvalue weighted by Gasteiger charge is -2.25. The summed E-state index contributed by atoms with van der Waals surface area (Å²) in [4.78, 5) is 1.86. The quantitative estimate of drug-likeness (QED) is 0.396. The molecule has 1 N–H and O–H groups in total. The average molecular weight is 281 g/mol. The third kappa shape index (κ3) is 2.57. The number of hydrogen-bond acceptors (Lipinski definition) is 2. The summed E-state index contributed by atoms with van der Waals surface area (Å²) in [6.07, 6.45) is -0.120. The van der Waals surface area contributed by atoms with Crippen LogP contribution in [0.2, 0.25) is 0 Å². The zero-order chi connectivity index (χ0) is 14.4. The molecular weight excluding hydrogens is 269 g/mol. The van der Waals surface area contributed by atoms with E-state index in [1.54, 1.807) is 0 Å². The molecule has 0 radical (unpaired) electrons. The fraction of sp³-hybridized carbons (Fsp3) is 0.500. The Bertz CT molecular complexity index is 484. The molecule has 1 aromatic carbocycles. The highest BCUT2D eigenvalue weighted by Gasteiger charge is 2.37. The van der Waals surface area contributed by atoms with Crippen LogP contribution in [0.5, 0.6) is 0 Å². The molecule has 0 aliphatic carbocycles. The zero-order valence-corrected chi connectivity index (χ0v) is 10.1. The highest BCUT2D eigenvalue weighted by atomic mass is 19.2. The number of halogens is 5. The van der Waals surface area contributed by atoms with Crippen molar-refractivity contribution in [3.8, 4) is 0 Å². The summed E-state index contributed by atoms with van der Waals surface area (Å²) in [5.74, 6) is -10.3. The van der Waals surface area contributed by atoms with Gasteiger partial charge in [-0.05, 0) is 13.3 Å². The van der Waals surface area contributed by atoms with Crippen LogP contribution in [-0.4, -0.2) is 29.6 Å². The number of hydrogen-bond donors (Lipinski definition) is 1. The second-order valence-electron chi connectivity index (χ2n) is 4.81. The Kier molecular flexibility index (Phi) is 3.53. The van der Waals surface area contributed by atoms with E-state index in [-0.39, 0.29) is 6.42 Å². The van der Waals surface area contributed by atoms with Crippen LogP contribution in [0, 0.1) is 29.1 Å². The molecule has 7 heteroatoms. The van der Waals surface area contributed by atoms with Crippen molar-refractivity contribution in [1.82, 2.24) is 4.90 Å². The van der Waals surface area contributed by atoms with Gasteiger partial charge in [0.1, 0.15) is 0 Å². The normalized spacial score (nSPS) is 18.5. The Balaban J connectivity index is 2.41. The molecule has 1 fully saturated rings. The minimum Gasteiger partial charge on any atom is -0.385 e. The van der Waals surface area contributed by atoms with Crippen LogP contribution in [0.4, 0.5) is 22.0 Å². The molecular formula is C12H12F5NO. The van der Waals surface area contributed by atoms with Crippen LogP contribution in [0.1, 0.15) is 18.9 Å². The SMILES string of the molecule is CC(O)(CCN1CC1)c1c(F)c(F)c(F)c(F)c1F. The first-order valence-corrected chi connectivity index (χ1v) is 5.72. The summed E-state index contributed by atoms with van der Waals surface area (Å²) in [7, 11) is 0. The third-order valence-corrected chi connectivity index (χ3v) is 3.20. The first-order valence-electron chi connectivity index (χ1n) is 5.72. The fourth-order valence-electron chi connectivity index (χ4n) is 1.87. The van der Waals surface area contributed by atoms with E-state index in [9.17, 15) is 27.1 Å². The Hall–Kier alpha value is -1.21. The zero-order valence-electron chi connectivity index (χ0n) is 10.1. The summed E-state index contributed by atoms with van der Waals surface area (Å²) >= 11 is 0. The Morgan fingerprint density at radius 2 is 1.37 bits per heavy atom. The lowest BCUT2D eigenvalue weighted by Crippen LogP contribution is -2.29. The summed E-state index contributed by atoms with van der Waals surface area (Å²) < 4.78 is 66.1. The first-order chi connectivity index (χ1) is 8.75. The Morgan fingerprint density at radius 1 is 0.947 bits per heavy atom. The Morgan fingerprint density at radius 3 is 1.79 bits per heavy atom. The first kappa shape index (κ1) is 14.2. The van der Waals surface area contributed by atoms with Crippen LogP contribution in [0.25, 0.3) is 0 Å². The smallest absolute Gasteiger partial charge is 0.200 e. The minimum atomic E-state index is -2.22. The summed E-state index contributed by atoms with van der Waals surface area (Å²) in [6.45, 7) is 2.96. The van der Waals surface area contributed by atoms with E-state index >= 15 is 0 Å². The van der Waals surface area contributed by atoms with Crippen LogP contribution in [0.15, 0.2) is 0 Å². The molecule has 2 rings (SSSR count). The highest BCUT2D eigenvalue weighted by molar-refractivity contribution is 5.29. The maximum absolute atomic E-state index is 13.5. The van der Waals surface area contributed by atoms with Gasteiger partial charge >= 0.3 is 0 Å². The largest absolute Gasteiger partial charge is 0.385 e. The molecule has 1 aliphatic rings. The van der Waals surface area contributed by atoms with Crippen LogP contribution >= 0.6 is 0 Å². The minimum absolute atomic E-state index is 0.120. The third-order valence-electron chi connectivity index (χ3n) is 3.20. The van der Waals surface area contributed by atoms with Gasteiger partial charge in [0.25, 0.3) is 0 Å². The van der Waals surface area contributed by atoms with Gasteiger partial charge in [0.2, 0.25) is 5.82 Å². The molecule has 0 aromatic heterocycles. The van der Waals surface area contributed by atoms with E-state index in [1.807, 2.05) is 4.90 Å². The molecule has 1 heterocycles.